The van der Waals surface area contributed by atoms with Gasteiger partial charge in [-0.15, -0.1) is 0 Å². The summed E-state index contributed by atoms with van der Waals surface area (Å²) < 4.78 is 11.4. The Bertz CT molecular complexity index is 1250. The van der Waals surface area contributed by atoms with Crippen LogP contribution < -0.4 is 4.74 Å². The van der Waals surface area contributed by atoms with Crippen molar-refractivity contribution in [2.75, 3.05) is 0 Å². The third kappa shape index (κ3) is 5.13. The standard InChI is InChI=1S/C24H16N2O4S/c25-14-17-5-7-18(8-6-17)15-29-19-11-9-16(10-12-19)13-22(23(27)28)31-24-26-20-3-1-2-4-21(20)30-24/h1-13H,15H2,(H,27,28)/b22-13-. The smallest absolute Gasteiger partial charge is 0.342 e. The lowest BCUT2D eigenvalue weighted by Gasteiger charge is -2.07. The number of carbonyl (C=O) groups is 1. The molecule has 6 nitrogen and oxygen atoms in total. The Morgan fingerprint density at radius 3 is 2.52 bits per heavy atom. The van der Waals surface area contributed by atoms with Crippen LogP contribution in [0.4, 0.5) is 0 Å². The van der Waals surface area contributed by atoms with Crippen molar-refractivity contribution in [2.45, 2.75) is 11.8 Å². The number of benzene rings is 3. The fourth-order valence-electron chi connectivity index (χ4n) is 2.78. The number of hydrogen-bond acceptors (Lipinski definition) is 6. The molecular formula is C24H16N2O4S. The summed E-state index contributed by atoms with van der Waals surface area (Å²) in [5.74, 6) is -0.404. The predicted molar refractivity (Wildman–Crippen MR) is 117 cm³/mol. The van der Waals surface area contributed by atoms with Crippen molar-refractivity contribution < 1.29 is 19.1 Å². The molecule has 0 amide bonds. The maximum absolute atomic E-state index is 11.7. The third-order valence-electron chi connectivity index (χ3n) is 4.35. The van der Waals surface area contributed by atoms with Crippen molar-refractivity contribution in [3.05, 3.63) is 94.4 Å². The summed E-state index contributed by atoms with van der Waals surface area (Å²) in [4.78, 5) is 16.1. The zero-order chi connectivity index (χ0) is 21.6. The average molecular weight is 428 g/mol. The number of oxazole rings is 1. The summed E-state index contributed by atoms with van der Waals surface area (Å²) in [7, 11) is 0. The van der Waals surface area contributed by atoms with Crippen LogP contribution in [0.3, 0.4) is 0 Å². The van der Waals surface area contributed by atoms with Crippen LogP contribution in [0.1, 0.15) is 16.7 Å². The first-order valence-corrected chi connectivity index (χ1v) is 10.1. The van der Waals surface area contributed by atoms with E-state index in [1.54, 1.807) is 48.5 Å². The van der Waals surface area contributed by atoms with E-state index in [0.717, 1.165) is 17.3 Å². The largest absolute Gasteiger partial charge is 0.489 e. The first-order chi connectivity index (χ1) is 15.1. The highest BCUT2D eigenvalue weighted by atomic mass is 32.2. The third-order valence-corrected chi connectivity index (χ3v) is 5.21. The van der Waals surface area contributed by atoms with Crippen LogP contribution in [0, 0.1) is 11.3 Å². The fraction of sp³-hybridized carbons (Fsp3) is 0.0417. The van der Waals surface area contributed by atoms with E-state index >= 15 is 0 Å². The number of aliphatic carboxylic acids is 1. The molecular weight excluding hydrogens is 412 g/mol. The molecule has 152 valence electrons. The molecule has 0 spiro atoms. The van der Waals surface area contributed by atoms with Gasteiger partial charge < -0.3 is 14.3 Å². The molecule has 0 fully saturated rings. The molecule has 0 aliphatic heterocycles. The lowest BCUT2D eigenvalue weighted by Crippen LogP contribution is -1.97. The second kappa shape index (κ2) is 9.20. The Hall–Kier alpha value is -4.02. The summed E-state index contributed by atoms with van der Waals surface area (Å²) >= 11 is 0.962. The number of para-hydroxylation sites is 2. The lowest BCUT2D eigenvalue weighted by molar-refractivity contribution is -0.131. The number of carboxylic acid groups (broad SMARTS) is 1. The SMILES string of the molecule is N#Cc1ccc(COc2ccc(/C=C(\Sc3nc4ccccc4o3)C(=O)O)cc2)cc1. The van der Waals surface area contributed by atoms with Gasteiger partial charge in [0.15, 0.2) is 5.58 Å². The van der Waals surface area contributed by atoms with E-state index in [9.17, 15) is 9.90 Å². The van der Waals surface area contributed by atoms with Gasteiger partial charge >= 0.3 is 5.97 Å². The molecule has 3 aromatic carbocycles. The monoisotopic (exact) mass is 428 g/mol. The summed E-state index contributed by atoms with van der Waals surface area (Å²) in [6.45, 7) is 0.370. The van der Waals surface area contributed by atoms with E-state index in [4.69, 9.17) is 14.4 Å². The molecule has 4 aromatic rings. The molecule has 1 aromatic heterocycles. The summed E-state index contributed by atoms with van der Waals surface area (Å²) in [5.41, 5.74) is 3.56. The first kappa shape index (κ1) is 20.3. The number of hydrogen-bond donors (Lipinski definition) is 1. The van der Waals surface area contributed by atoms with Gasteiger partial charge in [-0.1, -0.05) is 36.4 Å². The van der Waals surface area contributed by atoms with Gasteiger partial charge in [0, 0.05) is 0 Å². The van der Waals surface area contributed by atoms with Gasteiger partial charge in [0.05, 0.1) is 11.6 Å². The number of ether oxygens (including phenoxy) is 1. The summed E-state index contributed by atoms with van der Waals surface area (Å²) in [5, 5.41) is 18.7. The lowest BCUT2D eigenvalue weighted by atomic mass is 10.1. The number of thioether (sulfide) groups is 1. The number of aromatic nitrogens is 1. The molecule has 0 bridgehead atoms. The molecule has 0 saturated heterocycles. The first-order valence-electron chi connectivity index (χ1n) is 9.31. The second-order valence-electron chi connectivity index (χ2n) is 6.53. The molecule has 0 atom stereocenters. The van der Waals surface area contributed by atoms with Gasteiger partial charge in [0.2, 0.25) is 0 Å². The number of rotatable bonds is 7. The van der Waals surface area contributed by atoms with E-state index < -0.39 is 5.97 Å². The molecule has 7 heteroatoms. The maximum Gasteiger partial charge on any atom is 0.342 e. The Balaban J connectivity index is 1.44. The Morgan fingerprint density at radius 2 is 1.84 bits per heavy atom. The normalized spacial score (nSPS) is 11.3. The van der Waals surface area contributed by atoms with E-state index in [-0.39, 0.29) is 10.1 Å². The number of nitriles is 1. The fourth-order valence-corrected chi connectivity index (χ4v) is 3.52. The summed E-state index contributed by atoms with van der Waals surface area (Å²) in [6.07, 6.45) is 1.56. The van der Waals surface area contributed by atoms with Crippen LogP contribution in [0.2, 0.25) is 0 Å². The van der Waals surface area contributed by atoms with Gasteiger partial charge in [0.25, 0.3) is 5.22 Å². The summed E-state index contributed by atoms with van der Waals surface area (Å²) in [6, 6.07) is 23.7. The van der Waals surface area contributed by atoms with E-state index in [0.29, 0.717) is 34.6 Å². The average Bonchev–Trinajstić information content (AvgIpc) is 3.21. The molecule has 4 rings (SSSR count). The van der Waals surface area contributed by atoms with Crippen molar-refractivity contribution in [3.63, 3.8) is 0 Å². The molecule has 31 heavy (non-hydrogen) atoms. The molecule has 0 saturated carbocycles. The highest BCUT2D eigenvalue weighted by Crippen LogP contribution is 2.30. The maximum atomic E-state index is 11.7. The zero-order valence-corrected chi connectivity index (χ0v) is 17.0. The Labute approximate surface area is 182 Å². The van der Waals surface area contributed by atoms with Gasteiger partial charge in [-0.2, -0.15) is 5.26 Å². The molecule has 0 aliphatic rings. The minimum absolute atomic E-state index is 0.0952. The van der Waals surface area contributed by atoms with E-state index in [1.165, 1.54) is 0 Å². The zero-order valence-electron chi connectivity index (χ0n) is 16.2. The van der Waals surface area contributed by atoms with Crippen molar-refractivity contribution in [3.8, 4) is 11.8 Å². The highest BCUT2D eigenvalue weighted by Gasteiger charge is 2.14. The van der Waals surface area contributed by atoms with Crippen molar-refractivity contribution >= 4 is 34.9 Å². The van der Waals surface area contributed by atoms with Crippen LogP contribution in [-0.2, 0) is 11.4 Å². The van der Waals surface area contributed by atoms with Crippen LogP contribution in [-0.4, -0.2) is 16.1 Å². The van der Waals surface area contributed by atoms with Gasteiger partial charge in [-0.25, -0.2) is 9.78 Å². The molecule has 0 aliphatic carbocycles. The van der Waals surface area contributed by atoms with Crippen LogP contribution >= 0.6 is 11.8 Å². The van der Waals surface area contributed by atoms with Gasteiger partial charge in [-0.3, -0.25) is 0 Å². The Kier molecular flexibility index (Phi) is 6.01. The van der Waals surface area contributed by atoms with Gasteiger partial charge in [0.1, 0.15) is 22.8 Å². The van der Waals surface area contributed by atoms with Crippen LogP contribution in [0.5, 0.6) is 5.75 Å². The minimum Gasteiger partial charge on any atom is -0.489 e. The van der Waals surface area contributed by atoms with Crippen molar-refractivity contribution in [1.29, 1.82) is 5.26 Å². The quantitative estimate of drug-likeness (QED) is 0.307. The van der Waals surface area contributed by atoms with E-state index in [1.807, 2.05) is 30.3 Å². The number of carboxylic acids is 1. The number of fused-ring (bicyclic) bond motifs is 1. The molecule has 1 N–H and O–H groups in total. The van der Waals surface area contributed by atoms with Crippen LogP contribution in [0.15, 0.2) is 87.3 Å². The van der Waals surface area contributed by atoms with E-state index in [2.05, 4.69) is 11.1 Å². The number of nitrogens with zero attached hydrogens (tertiary/aromatic N) is 2. The minimum atomic E-state index is -1.06. The van der Waals surface area contributed by atoms with Gasteiger partial charge in [-0.05, 0) is 65.4 Å². The van der Waals surface area contributed by atoms with Crippen molar-refractivity contribution in [1.82, 2.24) is 4.98 Å². The molecule has 0 radical (unpaired) electrons. The van der Waals surface area contributed by atoms with Crippen molar-refractivity contribution in [2.24, 2.45) is 0 Å². The molecule has 1 heterocycles. The topological polar surface area (TPSA) is 96.4 Å². The highest BCUT2D eigenvalue weighted by molar-refractivity contribution is 8.03. The Morgan fingerprint density at radius 1 is 1.10 bits per heavy atom. The molecule has 0 unspecified atom stereocenters. The predicted octanol–water partition coefficient (Wildman–Crippen LogP) is 5.50. The second-order valence-corrected chi connectivity index (χ2v) is 7.52. The van der Waals surface area contributed by atoms with Crippen LogP contribution in [0.25, 0.3) is 17.2 Å².